The van der Waals surface area contributed by atoms with Gasteiger partial charge in [0.2, 0.25) is 0 Å². The summed E-state index contributed by atoms with van der Waals surface area (Å²) in [6.07, 6.45) is 6.89. The topological polar surface area (TPSA) is 34.9 Å². The number of aryl methyl sites for hydroxylation is 1. The SMILES string of the molecule is O=C1CCc2ccc(-n3ccnc3)cc21. The zero-order valence-corrected chi connectivity index (χ0v) is 8.18. The lowest BCUT2D eigenvalue weighted by Crippen LogP contribution is -1.95. The number of carbonyl (C=O) groups is 1. The van der Waals surface area contributed by atoms with E-state index < -0.39 is 0 Å². The quantitative estimate of drug-likeness (QED) is 0.702. The molecule has 15 heavy (non-hydrogen) atoms. The van der Waals surface area contributed by atoms with Crippen molar-refractivity contribution < 1.29 is 4.79 Å². The Morgan fingerprint density at radius 3 is 3.00 bits per heavy atom. The molecule has 3 heteroatoms. The van der Waals surface area contributed by atoms with E-state index in [-0.39, 0.29) is 5.78 Å². The van der Waals surface area contributed by atoms with Gasteiger partial charge in [0.05, 0.1) is 6.33 Å². The molecule has 1 aliphatic carbocycles. The van der Waals surface area contributed by atoms with Crippen molar-refractivity contribution in [3.8, 4) is 5.69 Å². The molecule has 1 heterocycles. The molecule has 0 bridgehead atoms. The number of aromatic nitrogens is 2. The van der Waals surface area contributed by atoms with E-state index in [9.17, 15) is 4.79 Å². The van der Waals surface area contributed by atoms with Gasteiger partial charge in [0, 0.05) is 30.1 Å². The first-order chi connectivity index (χ1) is 7.34. The van der Waals surface area contributed by atoms with Gasteiger partial charge < -0.3 is 4.57 Å². The van der Waals surface area contributed by atoms with Gasteiger partial charge in [-0.15, -0.1) is 0 Å². The van der Waals surface area contributed by atoms with Crippen LogP contribution in [0.1, 0.15) is 22.3 Å². The largest absolute Gasteiger partial charge is 0.306 e. The minimum Gasteiger partial charge on any atom is -0.306 e. The van der Waals surface area contributed by atoms with Gasteiger partial charge in [0.1, 0.15) is 0 Å². The first kappa shape index (κ1) is 8.41. The molecule has 0 unspecified atom stereocenters. The van der Waals surface area contributed by atoms with Crippen LogP contribution in [0.2, 0.25) is 0 Å². The van der Waals surface area contributed by atoms with E-state index in [1.807, 2.05) is 29.0 Å². The Morgan fingerprint density at radius 1 is 1.27 bits per heavy atom. The number of imidazole rings is 1. The van der Waals surface area contributed by atoms with Crippen LogP contribution >= 0.6 is 0 Å². The van der Waals surface area contributed by atoms with Crippen LogP contribution in [0.25, 0.3) is 5.69 Å². The van der Waals surface area contributed by atoms with Crippen LogP contribution < -0.4 is 0 Å². The fourth-order valence-electron chi connectivity index (χ4n) is 2.00. The van der Waals surface area contributed by atoms with Crippen molar-refractivity contribution in [2.24, 2.45) is 0 Å². The van der Waals surface area contributed by atoms with Gasteiger partial charge in [-0.25, -0.2) is 4.98 Å². The number of benzene rings is 1. The van der Waals surface area contributed by atoms with Crippen LogP contribution in [0.4, 0.5) is 0 Å². The van der Waals surface area contributed by atoms with Gasteiger partial charge in [-0.3, -0.25) is 4.79 Å². The molecular formula is C12H10N2O. The number of rotatable bonds is 1. The van der Waals surface area contributed by atoms with E-state index in [4.69, 9.17) is 0 Å². The van der Waals surface area contributed by atoms with Crippen LogP contribution in [0.3, 0.4) is 0 Å². The number of nitrogens with zero attached hydrogens (tertiary/aromatic N) is 2. The Bertz CT molecular complexity index is 514. The first-order valence-corrected chi connectivity index (χ1v) is 4.99. The summed E-state index contributed by atoms with van der Waals surface area (Å²) in [4.78, 5) is 15.6. The van der Waals surface area contributed by atoms with Crippen LogP contribution in [-0.2, 0) is 6.42 Å². The first-order valence-electron chi connectivity index (χ1n) is 4.99. The molecule has 3 rings (SSSR count). The maximum atomic E-state index is 11.6. The molecule has 0 saturated carbocycles. The summed E-state index contributed by atoms with van der Waals surface area (Å²) in [6.45, 7) is 0. The van der Waals surface area contributed by atoms with Crippen LogP contribution in [0.5, 0.6) is 0 Å². The molecule has 0 saturated heterocycles. The summed E-state index contributed by atoms with van der Waals surface area (Å²) >= 11 is 0. The lowest BCUT2D eigenvalue weighted by molar-refractivity contribution is 0.0994. The van der Waals surface area contributed by atoms with Gasteiger partial charge in [0.15, 0.2) is 5.78 Å². The van der Waals surface area contributed by atoms with Crippen LogP contribution in [0.15, 0.2) is 36.9 Å². The van der Waals surface area contributed by atoms with Gasteiger partial charge in [-0.2, -0.15) is 0 Å². The van der Waals surface area contributed by atoms with Gasteiger partial charge in [0.25, 0.3) is 0 Å². The summed E-state index contributed by atoms with van der Waals surface area (Å²) in [6, 6.07) is 6.01. The van der Waals surface area contributed by atoms with E-state index in [1.54, 1.807) is 12.5 Å². The zero-order chi connectivity index (χ0) is 10.3. The van der Waals surface area contributed by atoms with Crippen LogP contribution in [-0.4, -0.2) is 15.3 Å². The zero-order valence-electron chi connectivity index (χ0n) is 8.18. The van der Waals surface area contributed by atoms with Gasteiger partial charge in [-0.05, 0) is 24.1 Å². The second kappa shape index (κ2) is 3.05. The minimum absolute atomic E-state index is 0.256. The Balaban J connectivity index is 2.13. The smallest absolute Gasteiger partial charge is 0.163 e. The fourth-order valence-corrected chi connectivity index (χ4v) is 2.00. The van der Waals surface area contributed by atoms with Gasteiger partial charge >= 0.3 is 0 Å². The maximum Gasteiger partial charge on any atom is 0.163 e. The molecule has 1 aliphatic rings. The van der Waals surface area contributed by atoms with E-state index in [1.165, 1.54) is 5.56 Å². The maximum absolute atomic E-state index is 11.6. The van der Waals surface area contributed by atoms with Crippen molar-refractivity contribution in [3.63, 3.8) is 0 Å². The molecule has 0 radical (unpaired) electrons. The van der Waals surface area contributed by atoms with Crippen LogP contribution in [0, 0.1) is 0 Å². The minimum atomic E-state index is 0.256. The highest BCUT2D eigenvalue weighted by Gasteiger charge is 2.19. The average Bonchev–Trinajstić information content (AvgIpc) is 2.88. The summed E-state index contributed by atoms with van der Waals surface area (Å²) in [7, 11) is 0. The third-order valence-electron chi connectivity index (χ3n) is 2.82. The van der Waals surface area contributed by atoms with E-state index in [2.05, 4.69) is 4.98 Å². The summed E-state index contributed by atoms with van der Waals surface area (Å²) in [5.74, 6) is 0.256. The molecule has 74 valence electrons. The molecule has 3 nitrogen and oxygen atoms in total. The summed E-state index contributed by atoms with van der Waals surface area (Å²) in [5.41, 5.74) is 3.05. The van der Waals surface area contributed by atoms with Crippen molar-refractivity contribution in [1.82, 2.24) is 9.55 Å². The molecular weight excluding hydrogens is 188 g/mol. The van der Waals surface area contributed by atoms with Crippen molar-refractivity contribution in [3.05, 3.63) is 48.0 Å². The molecule has 0 spiro atoms. The van der Waals surface area contributed by atoms with Crippen molar-refractivity contribution in [1.29, 1.82) is 0 Å². The van der Waals surface area contributed by atoms with Crippen molar-refractivity contribution >= 4 is 5.78 Å². The highest BCUT2D eigenvalue weighted by molar-refractivity contribution is 6.00. The predicted octanol–water partition coefficient (Wildman–Crippen LogP) is 2.00. The normalized spacial score (nSPS) is 14.3. The number of ketones is 1. The predicted molar refractivity (Wildman–Crippen MR) is 56.2 cm³/mol. The molecule has 0 amide bonds. The van der Waals surface area contributed by atoms with Crippen molar-refractivity contribution in [2.75, 3.05) is 0 Å². The fraction of sp³-hybridized carbons (Fsp3) is 0.167. The number of Topliss-reactive ketones (excluding diaryl/α,β-unsaturated/α-hetero) is 1. The molecule has 0 fully saturated rings. The lowest BCUT2D eigenvalue weighted by Gasteiger charge is -2.04. The molecule has 2 aromatic rings. The number of carbonyl (C=O) groups excluding carboxylic acids is 1. The number of hydrogen-bond acceptors (Lipinski definition) is 2. The third kappa shape index (κ3) is 1.28. The number of fused-ring (bicyclic) bond motifs is 1. The second-order valence-corrected chi connectivity index (χ2v) is 3.73. The van der Waals surface area contributed by atoms with E-state index in [0.29, 0.717) is 6.42 Å². The summed E-state index contributed by atoms with van der Waals surface area (Å²) < 4.78 is 1.91. The molecule has 0 atom stereocenters. The molecule has 1 aromatic heterocycles. The summed E-state index contributed by atoms with van der Waals surface area (Å²) in [5, 5.41) is 0. The van der Waals surface area contributed by atoms with Gasteiger partial charge in [-0.1, -0.05) is 6.07 Å². The highest BCUT2D eigenvalue weighted by atomic mass is 16.1. The standard InChI is InChI=1S/C12H10N2O/c15-12-4-2-9-1-3-10(7-11(9)12)14-6-5-13-8-14/h1,3,5-8H,2,4H2. The Hall–Kier alpha value is -1.90. The molecule has 0 aliphatic heterocycles. The van der Waals surface area contributed by atoms with E-state index >= 15 is 0 Å². The monoisotopic (exact) mass is 198 g/mol. The lowest BCUT2D eigenvalue weighted by atomic mass is 10.1. The van der Waals surface area contributed by atoms with Crippen molar-refractivity contribution in [2.45, 2.75) is 12.8 Å². The average molecular weight is 198 g/mol. The highest BCUT2D eigenvalue weighted by Crippen LogP contribution is 2.24. The third-order valence-corrected chi connectivity index (χ3v) is 2.82. The molecule has 1 aromatic carbocycles. The Labute approximate surface area is 87.4 Å². The Morgan fingerprint density at radius 2 is 2.20 bits per heavy atom. The van der Waals surface area contributed by atoms with E-state index in [0.717, 1.165) is 17.7 Å². The Kier molecular flexibility index (Phi) is 1.71. The molecule has 0 N–H and O–H groups in total. The second-order valence-electron chi connectivity index (χ2n) is 3.73. The number of hydrogen-bond donors (Lipinski definition) is 0.